The fourth-order valence-corrected chi connectivity index (χ4v) is 2.70. The van der Waals surface area contributed by atoms with Gasteiger partial charge in [0.25, 0.3) is 0 Å². The molecule has 0 atom stereocenters. The van der Waals surface area contributed by atoms with E-state index in [1.54, 1.807) is 12.1 Å². The van der Waals surface area contributed by atoms with Crippen LogP contribution < -0.4 is 0 Å². The predicted octanol–water partition coefficient (Wildman–Crippen LogP) is 3.66. The number of fused-ring (bicyclic) bond motifs is 1. The van der Waals surface area contributed by atoms with Crippen molar-refractivity contribution >= 4 is 27.0 Å². The summed E-state index contributed by atoms with van der Waals surface area (Å²) in [5, 5.41) is 0. The number of nitrogens with zero attached hydrogens (tertiary/aromatic N) is 2. The molecule has 15 heavy (non-hydrogen) atoms. The second-order valence-electron chi connectivity index (χ2n) is 3.97. The minimum atomic E-state index is -0.199. The van der Waals surface area contributed by atoms with Crippen LogP contribution in [0.3, 0.4) is 0 Å². The molecule has 1 aromatic heterocycles. The lowest BCUT2D eigenvalue weighted by Gasteiger charge is -2.28. The summed E-state index contributed by atoms with van der Waals surface area (Å²) in [5.41, 5.74) is 1.75. The van der Waals surface area contributed by atoms with Gasteiger partial charge in [0.05, 0.1) is 11.0 Å². The van der Waals surface area contributed by atoms with Crippen LogP contribution in [0.15, 0.2) is 22.9 Å². The molecule has 1 fully saturated rings. The summed E-state index contributed by atoms with van der Waals surface area (Å²) in [4.78, 5) is 4.37. The minimum Gasteiger partial charge on any atom is -0.315 e. The Balaban J connectivity index is 2.25. The van der Waals surface area contributed by atoms with E-state index in [4.69, 9.17) is 0 Å². The highest BCUT2D eigenvalue weighted by atomic mass is 79.9. The Morgan fingerprint density at radius 1 is 1.40 bits per heavy atom. The Kier molecular flexibility index (Phi) is 2.06. The highest BCUT2D eigenvalue weighted by Gasteiger charge is 2.23. The molecule has 0 N–H and O–H groups in total. The van der Waals surface area contributed by atoms with Crippen LogP contribution in [-0.2, 0) is 0 Å². The van der Waals surface area contributed by atoms with Gasteiger partial charge in [-0.15, -0.1) is 0 Å². The van der Waals surface area contributed by atoms with Gasteiger partial charge in [-0.25, -0.2) is 9.37 Å². The van der Waals surface area contributed by atoms with Gasteiger partial charge in [0, 0.05) is 6.04 Å². The van der Waals surface area contributed by atoms with E-state index >= 15 is 0 Å². The Hall–Kier alpha value is -0.900. The van der Waals surface area contributed by atoms with Gasteiger partial charge in [-0.3, -0.25) is 0 Å². The maximum absolute atomic E-state index is 13.2. The van der Waals surface area contributed by atoms with Crippen LogP contribution in [-0.4, -0.2) is 9.55 Å². The molecule has 2 nitrogen and oxygen atoms in total. The molecular weight excluding hydrogens is 259 g/mol. The summed E-state index contributed by atoms with van der Waals surface area (Å²) < 4.78 is 16.1. The van der Waals surface area contributed by atoms with E-state index in [0.717, 1.165) is 15.8 Å². The van der Waals surface area contributed by atoms with Crippen molar-refractivity contribution in [3.63, 3.8) is 0 Å². The Morgan fingerprint density at radius 3 is 2.87 bits per heavy atom. The van der Waals surface area contributed by atoms with Crippen molar-refractivity contribution in [1.82, 2.24) is 9.55 Å². The number of halogens is 2. The fourth-order valence-electron chi connectivity index (χ4n) is 2.03. The van der Waals surface area contributed by atoms with E-state index in [9.17, 15) is 4.39 Å². The minimum absolute atomic E-state index is 0.199. The number of rotatable bonds is 1. The third-order valence-electron chi connectivity index (χ3n) is 3.05. The molecule has 0 saturated heterocycles. The normalized spacial score (nSPS) is 16.9. The first-order chi connectivity index (χ1) is 7.25. The molecular formula is C11H10BrFN2. The van der Waals surface area contributed by atoms with E-state index in [1.807, 2.05) is 0 Å². The fraction of sp³-hybridized carbons (Fsp3) is 0.364. The van der Waals surface area contributed by atoms with Crippen molar-refractivity contribution in [2.45, 2.75) is 25.3 Å². The van der Waals surface area contributed by atoms with Gasteiger partial charge in [0.15, 0.2) is 4.73 Å². The number of hydrogen-bond acceptors (Lipinski definition) is 1. The zero-order chi connectivity index (χ0) is 10.4. The van der Waals surface area contributed by atoms with E-state index in [1.165, 1.54) is 25.3 Å². The maximum atomic E-state index is 13.2. The molecule has 0 bridgehead atoms. The summed E-state index contributed by atoms with van der Waals surface area (Å²) >= 11 is 3.44. The Morgan fingerprint density at radius 2 is 2.20 bits per heavy atom. The predicted molar refractivity (Wildman–Crippen MR) is 60.3 cm³/mol. The Labute approximate surface area is 95.2 Å². The van der Waals surface area contributed by atoms with Gasteiger partial charge < -0.3 is 4.57 Å². The van der Waals surface area contributed by atoms with Crippen molar-refractivity contribution in [2.24, 2.45) is 0 Å². The van der Waals surface area contributed by atoms with Crippen LogP contribution >= 0.6 is 15.9 Å². The van der Waals surface area contributed by atoms with Crippen molar-refractivity contribution in [3.05, 3.63) is 28.7 Å². The number of aromatic nitrogens is 2. The van der Waals surface area contributed by atoms with Crippen LogP contribution in [0.25, 0.3) is 11.0 Å². The molecule has 0 unspecified atom stereocenters. The van der Waals surface area contributed by atoms with Crippen LogP contribution in [0, 0.1) is 5.82 Å². The molecule has 2 aromatic rings. The third-order valence-corrected chi connectivity index (χ3v) is 3.61. The van der Waals surface area contributed by atoms with E-state index < -0.39 is 0 Å². The van der Waals surface area contributed by atoms with E-state index in [-0.39, 0.29) is 5.82 Å². The van der Waals surface area contributed by atoms with Gasteiger partial charge in [-0.2, -0.15) is 0 Å². The molecule has 0 radical (unpaired) electrons. The van der Waals surface area contributed by atoms with Gasteiger partial charge in [-0.05, 0) is 53.4 Å². The van der Waals surface area contributed by atoms with Gasteiger partial charge >= 0.3 is 0 Å². The topological polar surface area (TPSA) is 17.8 Å². The van der Waals surface area contributed by atoms with Gasteiger partial charge in [0.2, 0.25) is 0 Å². The van der Waals surface area contributed by atoms with E-state index in [0.29, 0.717) is 6.04 Å². The van der Waals surface area contributed by atoms with Gasteiger partial charge in [-0.1, -0.05) is 0 Å². The summed E-state index contributed by atoms with van der Waals surface area (Å²) in [6.45, 7) is 0. The average molecular weight is 269 g/mol. The molecule has 0 aliphatic heterocycles. The molecule has 1 saturated carbocycles. The summed E-state index contributed by atoms with van der Waals surface area (Å²) in [7, 11) is 0. The van der Waals surface area contributed by atoms with Crippen LogP contribution in [0.4, 0.5) is 4.39 Å². The highest BCUT2D eigenvalue weighted by Crippen LogP contribution is 2.37. The van der Waals surface area contributed by atoms with Crippen molar-refractivity contribution < 1.29 is 4.39 Å². The van der Waals surface area contributed by atoms with Crippen LogP contribution in [0.5, 0.6) is 0 Å². The zero-order valence-corrected chi connectivity index (χ0v) is 9.67. The van der Waals surface area contributed by atoms with Crippen molar-refractivity contribution in [2.75, 3.05) is 0 Å². The van der Waals surface area contributed by atoms with Crippen LogP contribution in [0.2, 0.25) is 0 Å². The average Bonchev–Trinajstić information content (AvgIpc) is 2.42. The molecule has 1 heterocycles. The molecule has 4 heteroatoms. The summed E-state index contributed by atoms with van der Waals surface area (Å²) in [5.74, 6) is -0.199. The number of benzene rings is 1. The first-order valence-corrected chi connectivity index (χ1v) is 5.88. The smallest absolute Gasteiger partial charge is 0.178 e. The summed E-state index contributed by atoms with van der Waals surface area (Å²) in [6, 6.07) is 5.23. The monoisotopic (exact) mass is 268 g/mol. The number of hydrogen-bond donors (Lipinski definition) is 0. The first kappa shape index (κ1) is 9.33. The first-order valence-electron chi connectivity index (χ1n) is 5.09. The second kappa shape index (κ2) is 3.30. The largest absolute Gasteiger partial charge is 0.315 e. The molecule has 1 aliphatic carbocycles. The lowest BCUT2D eigenvalue weighted by molar-refractivity contribution is 0.316. The van der Waals surface area contributed by atoms with Gasteiger partial charge in [0.1, 0.15) is 5.82 Å². The third kappa shape index (κ3) is 1.39. The maximum Gasteiger partial charge on any atom is 0.178 e. The van der Waals surface area contributed by atoms with E-state index in [2.05, 4.69) is 25.5 Å². The lowest BCUT2D eigenvalue weighted by Crippen LogP contribution is -2.16. The molecule has 3 rings (SSSR count). The molecule has 1 aromatic carbocycles. The van der Waals surface area contributed by atoms with Crippen molar-refractivity contribution in [1.29, 1.82) is 0 Å². The van der Waals surface area contributed by atoms with Crippen molar-refractivity contribution in [3.8, 4) is 0 Å². The molecule has 0 amide bonds. The summed E-state index contributed by atoms with van der Waals surface area (Å²) in [6.07, 6.45) is 3.59. The number of imidazole rings is 1. The molecule has 78 valence electrons. The zero-order valence-electron chi connectivity index (χ0n) is 8.08. The highest BCUT2D eigenvalue weighted by molar-refractivity contribution is 9.10. The lowest BCUT2D eigenvalue weighted by atomic mass is 9.93. The Bertz CT molecular complexity index is 517. The SMILES string of the molecule is Fc1ccc2nc(Br)n(C3CCC3)c2c1. The quantitative estimate of drug-likeness (QED) is 0.772. The van der Waals surface area contributed by atoms with Crippen LogP contribution in [0.1, 0.15) is 25.3 Å². The standard InChI is InChI=1S/C11H10BrFN2/c12-11-14-9-5-4-7(13)6-10(9)15(11)8-2-1-3-8/h4-6,8H,1-3H2. The molecule has 0 spiro atoms. The molecule has 1 aliphatic rings. The second-order valence-corrected chi connectivity index (χ2v) is 4.68.